The molecule has 0 radical (unpaired) electrons. The Kier molecular flexibility index (Phi) is 6.92. The van der Waals surface area contributed by atoms with E-state index in [4.69, 9.17) is 5.11 Å². The van der Waals surface area contributed by atoms with Crippen LogP contribution in [0, 0.1) is 11.8 Å². The van der Waals surface area contributed by atoms with Crippen LogP contribution in [-0.4, -0.2) is 24.3 Å². The molecule has 0 aromatic carbocycles. The van der Waals surface area contributed by atoms with E-state index in [1.807, 2.05) is 19.1 Å². The van der Waals surface area contributed by atoms with Gasteiger partial charge in [-0.05, 0) is 18.6 Å². The second-order valence-electron chi connectivity index (χ2n) is 3.65. The monoisotopic (exact) mass is 266 g/mol. The third-order valence-electron chi connectivity index (χ3n) is 2.07. The van der Waals surface area contributed by atoms with Gasteiger partial charge < -0.3 is 15.7 Å². The summed E-state index contributed by atoms with van der Waals surface area (Å²) in [5, 5.41) is 14.1. The molecule has 1 rings (SSSR count). The van der Waals surface area contributed by atoms with Gasteiger partial charge in [0.1, 0.15) is 0 Å². The second-order valence-corrected chi connectivity index (χ2v) is 4.82. The summed E-state index contributed by atoms with van der Waals surface area (Å²) < 4.78 is 0. The Balaban J connectivity index is 2.36. The van der Waals surface area contributed by atoms with Crippen LogP contribution in [0.3, 0.4) is 0 Å². The summed E-state index contributed by atoms with van der Waals surface area (Å²) in [6.45, 7) is 3.30. The molecule has 1 heterocycles. The fraction of sp³-hybridized carbons (Fsp3) is 0.462. The standard InChI is InChI=1S/C13H18N2O2S/c1-2-8-14-13(17)15-10-12-7-6-11(18-12)5-3-4-9-16/h6-7,16H,2,4,8-10H2,1H3,(H2,14,15,17). The minimum Gasteiger partial charge on any atom is -0.395 e. The van der Waals surface area contributed by atoms with E-state index in [2.05, 4.69) is 22.5 Å². The quantitative estimate of drug-likeness (QED) is 0.710. The molecule has 5 heteroatoms. The van der Waals surface area contributed by atoms with Gasteiger partial charge in [0.05, 0.1) is 18.0 Å². The largest absolute Gasteiger partial charge is 0.395 e. The van der Waals surface area contributed by atoms with Crippen molar-refractivity contribution in [2.75, 3.05) is 13.2 Å². The molecule has 0 aliphatic heterocycles. The van der Waals surface area contributed by atoms with Gasteiger partial charge in [-0.25, -0.2) is 4.79 Å². The first kappa shape index (κ1) is 14.6. The van der Waals surface area contributed by atoms with Crippen LogP contribution in [0.25, 0.3) is 0 Å². The predicted molar refractivity (Wildman–Crippen MR) is 73.4 cm³/mol. The number of hydrogen-bond acceptors (Lipinski definition) is 3. The lowest BCUT2D eigenvalue weighted by Gasteiger charge is -2.04. The van der Waals surface area contributed by atoms with Crippen LogP contribution in [0.4, 0.5) is 4.79 Å². The third kappa shape index (κ3) is 5.71. The van der Waals surface area contributed by atoms with Gasteiger partial charge in [0.15, 0.2) is 0 Å². The summed E-state index contributed by atoms with van der Waals surface area (Å²) in [6.07, 6.45) is 1.42. The number of thiophene rings is 1. The van der Waals surface area contributed by atoms with Gasteiger partial charge in [0, 0.05) is 17.8 Å². The van der Waals surface area contributed by atoms with E-state index in [9.17, 15) is 4.79 Å². The number of hydrogen-bond donors (Lipinski definition) is 3. The number of nitrogens with one attached hydrogen (secondary N) is 2. The fourth-order valence-corrected chi connectivity index (χ4v) is 2.04. The van der Waals surface area contributed by atoms with Crippen LogP contribution in [0.1, 0.15) is 29.5 Å². The van der Waals surface area contributed by atoms with Crippen molar-refractivity contribution in [1.29, 1.82) is 0 Å². The van der Waals surface area contributed by atoms with Gasteiger partial charge in [-0.3, -0.25) is 0 Å². The van der Waals surface area contributed by atoms with Crippen LogP contribution in [0.5, 0.6) is 0 Å². The number of aliphatic hydroxyl groups excluding tert-OH is 1. The zero-order valence-corrected chi connectivity index (χ0v) is 11.3. The number of aliphatic hydroxyl groups is 1. The summed E-state index contributed by atoms with van der Waals surface area (Å²) in [5.41, 5.74) is 0. The Labute approximate surface area is 111 Å². The summed E-state index contributed by atoms with van der Waals surface area (Å²) >= 11 is 1.55. The Morgan fingerprint density at radius 1 is 1.44 bits per heavy atom. The highest BCUT2D eigenvalue weighted by Crippen LogP contribution is 2.14. The number of carbonyl (C=O) groups excluding carboxylic acids is 1. The normalized spacial score (nSPS) is 9.44. The fourth-order valence-electron chi connectivity index (χ4n) is 1.21. The first-order valence-corrected chi connectivity index (χ1v) is 6.78. The van der Waals surface area contributed by atoms with Crippen LogP contribution < -0.4 is 10.6 Å². The van der Waals surface area contributed by atoms with Gasteiger partial charge in [0.25, 0.3) is 0 Å². The van der Waals surface area contributed by atoms with E-state index in [-0.39, 0.29) is 12.6 Å². The smallest absolute Gasteiger partial charge is 0.315 e. The van der Waals surface area contributed by atoms with Gasteiger partial charge in [-0.1, -0.05) is 18.8 Å². The van der Waals surface area contributed by atoms with E-state index in [1.165, 1.54) is 0 Å². The first-order chi connectivity index (χ1) is 8.76. The average Bonchev–Trinajstić information content (AvgIpc) is 2.82. The average molecular weight is 266 g/mol. The van der Waals surface area contributed by atoms with E-state index in [0.717, 1.165) is 16.2 Å². The summed E-state index contributed by atoms with van der Waals surface area (Å²) in [7, 11) is 0. The molecule has 0 fully saturated rings. The predicted octanol–water partition coefficient (Wildman–Crippen LogP) is 1.69. The zero-order chi connectivity index (χ0) is 13.2. The van der Waals surface area contributed by atoms with Gasteiger partial charge in [-0.2, -0.15) is 0 Å². The molecule has 18 heavy (non-hydrogen) atoms. The highest BCUT2D eigenvalue weighted by molar-refractivity contribution is 7.12. The van der Waals surface area contributed by atoms with Gasteiger partial charge in [0.2, 0.25) is 0 Å². The molecule has 1 aromatic rings. The highest BCUT2D eigenvalue weighted by atomic mass is 32.1. The maximum atomic E-state index is 11.3. The SMILES string of the molecule is CCCNC(=O)NCc1ccc(C#CCCO)s1. The van der Waals surface area contributed by atoms with Crippen LogP contribution in [-0.2, 0) is 6.54 Å². The number of amides is 2. The molecular weight excluding hydrogens is 248 g/mol. The number of rotatable bonds is 5. The molecule has 3 N–H and O–H groups in total. The Hall–Kier alpha value is -1.51. The summed E-state index contributed by atoms with van der Waals surface area (Å²) in [6, 6.07) is 3.74. The Morgan fingerprint density at radius 2 is 2.28 bits per heavy atom. The lowest BCUT2D eigenvalue weighted by Crippen LogP contribution is -2.35. The van der Waals surface area contributed by atoms with Crippen LogP contribution in [0.15, 0.2) is 12.1 Å². The molecule has 2 amide bonds. The van der Waals surface area contributed by atoms with Crippen molar-refractivity contribution in [1.82, 2.24) is 10.6 Å². The highest BCUT2D eigenvalue weighted by Gasteiger charge is 2.01. The molecule has 0 aliphatic carbocycles. The number of urea groups is 1. The number of carbonyl (C=O) groups is 1. The van der Waals surface area contributed by atoms with E-state index < -0.39 is 0 Å². The van der Waals surface area contributed by atoms with E-state index in [0.29, 0.717) is 19.5 Å². The molecule has 0 unspecified atom stereocenters. The molecule has 98 valence electrons. The minimum atomic E-state index is -0.141. The van der Waals surface area contributed by atoms with Crippen molar-refractivity contribution in [3.05, 3.63) is 21.9 Å². The van der Waals surface area contributed by atoms with Crippen molar-refractivity contribution in [2.24, 2.45) is 0 Å². The zero-order valence-electron chi connectivity index (χ0n) is 10.5. The van der Waals surface area contributed by atoms with Crippen LogP contribution in [0.2, 0.25) is 0 Å². The summed E-state index contributed by atoms with van der Waals surface area (Å²) in [4.78, 5) is 13.3. The molecule has 0 saturated carbocycles. The Bertz CT molecular complexity index is 432. The molecule has 4 nitrogen and oxygen atoms in total. The minimum absolute atomic E-state index is 0.0877. The van der Waals surface area contributed by atoms with Crippen molar-refractivity contribution in [3.63, 3.8) is 0 Å². The molecule has 0 aliphatic rings. The third-order valence-corrected chi connectivity index (χ3v) is 3.07. The maximum absolute atomic E-state index is 11.3. The molecular formula is C13H18N2O2S. The van der Waals surface area contributed by atoms with Gasteiger partial charge in [-0.15, -0.1) is 11.3 Å². The Morgan fingerprint density at radius 3 is 3.00 bits per heavy atom. The molecule has 0 spiro atoms. The van der Waals surface area contributed by atoms with E-state index in [1.54, 1.807) is 11.3 Å². The van der Waals surface area contributed by atoms with Crippen LogP contribution >= 0.6 is 11.3 Å². The van der Waals surface area contributed by atoms with Crippen molar-refractivity contribution in [2.45, 2.75) is 26.3 Å². The van der Waals surface area contributed by atoms with Crippen molar-refractivity contribution < 1.29 is 9.90 Å². The molecule has 0 bridgehead atoms. The lowest BCUT2D eigenvalue weighted by molar-refractivity contribution is 0.240. The van der Waals surface area contributed by atoms with Gasteiger partial charge >= 0.3 is 6.03 Å². The maximum Gasteiger partial charge on any atom is 0.315 e. The molecule has 0 atom stereocenters. The van der Waals surface area contributed by atoms with Crippen molar-refractivity contribution in [3.8, 4) is 11.8 Å². The van der Waals surface area contributed by atoms with E-state index >= 15 is 0 Å². The van der Waals surface area contributed by atoms with Crippen molar-refractivity contribution >= 4 is 17.4 Å². The molecule has 0 saturated heterocycles. The topological polar surface area (TPSA) is 61.4 Å². The summed E-state index contributed by atoms with van der Waals surface area (Å²) in [5.74, 6) is 5.84. The first-order valence-electron chi connectivity index (χ1n) is 5.96. The molecule has 1 aromatic heterocycles. The second kappa shape index (κ2) is 8.56. The lowest BCUT2D eigenvalue weighted by atomic mass is 10.4.